The Labute approximate surface area is 114 Å². The molecule has 0 N–H and O–H groups in total. The van der Waals surface area contributed by atoms with E-state index < -0.39 is 25.1 Å². The molecule has 0 aliphatic carbocycles. The number of rotatable bonds is 12. The summed E-state index contributed by atoms with van der Waals surface area (Å²) in [5.41, 5.74) is 0. The van der Waals surface area contributed by atoms with E-state index in [1.807, 2.05) is 0 Å². The second kappa shape index (κ2) is 10.3. The number of hydrogen-bond acceptors (Lipinski definition) is 4. The van der Waals surface area contributed by atoms with Crippen LogP contribution in [0.3, 0.4) is 0 Å². The minimum atomic E-state index is -5.54. The molecule has 0 aliphatic heterocycles. The van der Waals surface area contributed by atoms with E-state index in [0.717, 1.165) is 0 Å². The van der Waals surface area contributed by atoms with Gasteiger partial charge in [-0.3, -0.25) is 0 Å². The first-order valence-electron chi connectivity index (χ1n) is 5.98. The Morgan fingerprint density at radius 3 is 1.45 bits per heavy atom. The van der Waals surface area contributed by atoms with Gasteiger partial charge in [0.25, 0.3) is 0 Å². The number of alkyl halides is 5. The summed E-state index contributed by atoms with van der Waals surface area (Å²) in [5, 5.41) is 0. The SMILES string of the molecule is COCCOCCOCCOCCC(F)(F)C(F)(F)F. The van der Waals surface area contributed by atoms with Gasteiger partial charge in [0.05, 0.1) is 46.2 Å². The molecule has 20 heavy (non-hydrogen) atoms. The van der Waals surface area contributed by atoms with Crippen molar-refractivity contribution in [3.8, 4) is 0 Å². The highest BCUT2D eigenvalue weighted by atomic mass is 19.4. The minimum Gasteiger partial charge on any atom is -0.382 e. The summed E-state index contributed by atoms with van der Waals surface area (Å²) in [4.78, 5) is 0. The lowest BCUT2D eigenvalue weighted by Crippen LogP contribution is -2.37. The van der Waals surface area contributed by atoms with Gasteiger partial charge in [0.1, 0.15) is 0 Å². The van der Waals surface area contributed by atoms with Crippen molar-refractivity contribution >= 4 is 0 Å². The molecule has 4 nitrogen and oxygen atoms in total. The van der Waals surface area contributed by atoms with Gasteiger partial charge in [-0.25, -0.2) is 0 Å². The molecular formula is C11H19F5O4. The topological polar surface area (TPSA) is 36.9 Å². The smallest absolute Gasteiger partial charge is 0.382 e. The molecule has 0 spiro atoms. The van der Waals surface area contributed by atoms with Crippen LogP contribution in [-0.4, -0.2) is 65.5 Å². The first-order chi connectivity index (χ1) is 9.31. The third-order valence-electron chi connectivity index (χ3n) is 2.15. The zero-order chi connectivity index (χ0) is 15.5. The van der Waals surface area contributed by atoms with Gasteiger partial charge in [-0.1, -0.05) is 0 Å². The van der Waals surface area contributed by atoms with E-state index in [0.29, 0.717) is 19.8 Å². The summed E-state index contributed by atoms with van der Waals surface area (Å²) in [5.74, 6) is -4.72. The van der Waals surface area contributed by atoms with E-state index in [1.54, 1.807) is 7.11 Å². The van der Waals surface area contributed by atoms with Gasteiger partial charge in [-0.2, -0.15) is 22.0 Å². The standard InChI is InChI=1S/C11H19F5O4/c1-17-4-5-19-8-9-20-7-6-18-3-2-10(12,13)11(14,15)16/h2-9H2,1H3. The van der Waals surface area contributed by atoms with Crippen molar-refractivity contribution in [2.45, 2.75) is 18.5 Å². The van der Waals surface area contributed by atoms with Crippen molar-refractivity contribution in [2.24, 2.45) is 0 Å². The normalized spacial score (nSPS) is 12.9. The van der Waals surface area contributed by atoms with E-state index in [4.69, 9.17) is 14.2 Å². The van der Waals surface area contributed by atoms with Crippen LogP contribution in [0.4, 0.5) is 22.0 Å². The van der Waals surface area contributed by atoms with E-state index in [1.165, 1.54) is 0 Å². The molecule has 0 rings (SSSR count). The second-order valence-electron chi connectivity index (χ2n) is 3.78. The van der Waals surface area contributed by atoms with Gasteiger partial charge < -0.3 is 18.9 Å². The highest BCUT2D eigenvalue weighted by Crippen LogP contribution is 2.37. The molecule has 0 radical (unpaired) electrons. The molecule has 0 bridgehead atoms. The Kier molecular flexibility index (Phi) is 9.99. The Balaban J connectivity index is 3.33. The molecule has 0 fully saturated rings. The van der Waals surface area contributed by atoms with Crippen molar-refractivity contribution in [2.75, 3.05) is 53.4 Å². The third kappa shape index (κ3) is 9.40. The average molecular weight is 310 g/mol. The Morgan fingerprint density at radius 2 is 1.05 bits per heavy atom. The highest BCUT2D eigenvalue weighted by Gasteiger charge is 2.56. The molecule has 9 heteroatoms. The van der Waals surface area contributed by atoms with Crippen LogP contribution in [0.1, 0.15) is 6.42 Å². The maximum Gasteiger partial charge on any atom is 0.453 e. The van der Waals surface area contributed by atoms with Crippen LogP contribution in [0, 0.1) is 0 Å². The maximum atomic E-state index is 12.4. The predicted octanol–water partition coefficient (Wildman–Crippen LogP) is 2.27. The highest BCUT2D eigenvalue weighted by molar-refractivity contribution is 4.74. The molecule has 0 aliphatic rings. The average Bonchev–Trinajstić information content (AvgIpc) is 2.34. The molecular weight excluding hydrogens is 291 g/mol. The summed E-state index contributed by atoms with van der Waals surface area (Å²) in [6.45, 7) is 0.901. The van der Waals surface area contributed by atoms with Crippen molar-refractivity contribution in [1.29, 1.82) is 0 Å². The molecule has 0 saturated heterocycles. The van der Waals surface area contributed by atoms with Gasteiger partial charge in [-0.15, -0.1) is 0 Å². The first kappa shape index (κ1) is 19.5. The first-order valence-corrected chi connectivity index (χ1v) is 5.98. The monoisotopic (exact) mass is 310 g/mol. The van der Waals surface area contributed by atoms with E-state index in [2.05, 4.69) is 4.74 Å². The summed E-state index contributed by atoms with van der Waals surface area (Å²) < 4.78 is 79.7. The fraction of sp³-hybridized carbons (Fsp3) is 1.00. The molecule has 0 atom stereocenters. The summed E-state index contributed by atoms with van der Waals surface area (Å²) in [6, 6.07) is 0. The Morgan fingerprint density at radius 1 is 0.650 bits per heavy atom. The van der Waals surface area contributed by atoms with Crippen LogP contribution in [-0.2, 0) is 18.9 Å². The molecule has 0 saturated carbocycles. The second-order valence-corrected chi connectivity index (χ2v) is 3.78. The maximum absolute atomic E-state index is 12.4. The molecule has 122 valence electrons. The minimum absolute atomic E-state index is 0.0496. The van der Waals surface area contributed by atoms with Crippen LogP contribution in [0.25, 0.3) is 0 Å². The van der Waals surface area contributed by atoms with Gasteiger partial charge in [0.15, 0.2) is 0 Å². The fourth-order valence-electron chi connectivity index (χ4n) is 1.03. The van der Waals surface area contributed by atoms with E-state index >= 15 is 0 Å². The van der Waals surface area contributed by atoms with Crippen molar-refractivity contribution < 1.29 is 40.9 Å². The fourth-order valence-corrected chi connectivity index (χ4v) is 1.03. The van der Waals surface area contributed by atoms with Crippen LogP contribution in [0.15, 0.2) is 0 Å². The van der Waals surface area contributed by atoms with Crippen molar-refractivity contribution in [3.63, 3.8) is 0 Å². The zero-order valence-electron chi connectivity index (χ0n) is 11.2. The van der Waals surface area contributed by atoms with E-state index in [9.17, 15) is 22.0 Å². The van der Waals surface area contributed by atoms with Gasteiger partial charge in [0.2, 0.25) is 0 Å². The molecule has 0 amide bonds. The van der Waals surface area contributed by atoms with Gasteiger partial charge in [-0.05, 0) is 0 Å². The number of hydrogen-bond donors (Lipinski definition) is 0. The van der Waals surface area contributed by atoms with Gasteiger partial charge in [0, 0.05) is 13.5 Å². The molecule has 0 aromatic carbocycles. The lowest BCUT2D eigenvalue weighted by Gasteiger charge is -2.19. The molecule has 0 aromatic rings. The molecule has 0 unspecified atom stereocenters. The van der Waals surface area contributed by atoms with Crippen molar-refractivity contribution in [3.05, 3.63) is 0 Å². The quantitative estimate of drug-likeness (QED) is 0.409. The lowest BCUT2D eigenvalue weighted by atomic mass is 10.2. The van der Waals surface area contributed by atoms with Crippen molar-refractivity contribution in [1.82, 2.24) is 0 Å². The predicted molar refractivity (Wildman–Crippen MR) is 60.0 cm³/mol. The number of methoxy groups -OCH3 is 1. The lowest BCUT2D eigenvalue weighted by molar-refractivity contribution is -0.287. The van der Waals surface area contributed by atoms with Crippen LogP contribution < -0.4 is 0 Å². The summed E-state index contributed by atoms with van der Waals surface area (Å²) >= 11 is 0. The van der Waals surface area contributed by atoms with E-state index in [-0.39, 0.29) is 19.8 Å². The van der Waals surface area contributed by atoms with Crippen LogP contribution in [0.2, 0.25) is 0 Å². The Bertz CT molecular complexity index is 235. The largest absolute Gasteiger partial charge is 0.453 e. The summed E-state index contributed by atoms with van der Waals surface area (Å²) in [7, 11) is 1.54. The van der Waals surface area contributed by atoms with Crippen LogP contribution in [0.5, 0.6) is 0 Å². The van der Waals surface area contributed by atoms with Gasteiger partial charge >= 0.3 is 12.1 Å². The third-order valence-corrected chi connectivity index (χ3v) is 2.15. The zero-order valence-corrected chi connectivity index (χ0v) is 11.2. The molecule has 0 aromatic heterocycles. The summed E-state index contributed by atoms with van der Waals surface area (Å²) in [6.07, 6.45) is -6.93. The Hall–Kier alpha value is -0.510. The number of halogens is 5. The van der Waals surface area contributed by atoms with Crippen LogP contribution >= 0.6 is 0 Å². The number of ether oxygens (including phenoxy) is 4. The molecule has 0 heterocycles.